The summed E-state index contributed by atoms with van der Waals surface area (Å²) in [6.45, 7) is 5.50. The molecule has 1 aliphatic heterocycles. The molecule has 128 valence electrons. The van der Waals surface area contributed by atoms with Gasteiger partial charge in [0, 0.05) is 31.1 Å². The molecule has 25 heavy (non-hydrogen) atoms. The first kappa shape index (κ1) is 16.1. The van der Waals surface area contributed by atoms with Crippen LogP contribution in [0.2, 0.25) is 0 Å². The molecule has 0 atom stereocenters. The fourth-order valence-electron chi connectivity index (χ4n) is 3.71. The lowest BCUT2D eigenvalue weighted by Crippen LogP contribution is -2.38. The van der Waals surface area contributed by atoms with E-state index in [0.29, 0.717) is 6.04 Å². The second kappa shape index (κ2) is 7.24. The molecule has 1 saturated heterocycles. The van der Waals surface area contributed by atoms with Gasteiger partial charge in [0.15, 0.2) is 0 Å². The van der Waals surface area contributed by atoms with Crippen LogP contribution in [0.15, 0.2) is 60.7 Å². The number of nitrogens with one attached hydrogen (secondary N) is 1. The molecule has 0 bridgehead atoms. The lowest BCUT2D eigenvalue weighted by molar-refractivity contribution is 0.211. The number of benzene rings is 2. The Kier molecular flexibility index (Phi) is 4.66. The average Bonchev–Trinajstić information content (AvgIpc) is 2.64. The van der Waals surface area contributed by atoms with Crippen molar-refractivity contribution in [1.29, 1.82) is 0 Å². The molecule has 0 spiro atoms. The van der Waals surface area contributed by atoms with E-state index in [1.807, 2.05) is 0 Å². The summed E-state index contributed by atoms with van der Waals surface area (Å²) < 4.78 is 0. The monoisotopic (exact) mass is 331 g/mol. The first-order chi connectivity index (χ1) is 12.3. The zero-order chi connectivity index (χ0) is 17.1. The molecule has 0 radical (unpaired) electrons. The molecule has 0 unspecified atom stereocenters. The van der Waals surface area contributed by atoms with Crippen LogP contribution in [0, 0.1) is 6.92 Å². The first-order valence-corrected chi connectivity index (χ1v) is 9.17. The minimum Gasteiger partial charge on any atom is -0.367 e. The van der Waals surface area contributed by atoms with Crippen LogP contribution in [-0.4, -0.2) is 29.0 Å². The van der Waals surface area contributed by atoms with E-state index in [-0.39, 0.29) is 0 Å². The molecule has 0 saturated carbocycles. The molecule has 3 aromatic rings. The average molecular weight is 331 g/mol. The molecule has 1 aliphatic rings. The van der Waals surface area contributed by atoms with Crippen LogP contribution in [0.4, 0.5) is 5.82 Å². The summed E-state index contributed by atoms with van der Waals surface area (Å²) >= 11 is 0. The van der Waals surface area contributed by atoms with Gasteiger partial charge in [-0.3, -0.25) is 4.90 Å². The maximum atomic E-state index is 4.79. The van der Waals surface area contributed by atoms with Crippen LogP contribution in [0.5, 0.6) is 0 Å². The number of hydrogen-bond acceptors (Lipinski definition) is 3. The minimum absolute atomic E-state index is 0.514. The summed E-state index contributed by atoms with van der Waals surface area (Å²) in [5.74, 6) is 1.01. The van der Waals surface area contributed by atoms with Gasteiger partial charge in [-0.05, 0) is 43.0 Å². The summed E-state index contributed by atoms with van der Waals surface area (Å²) in [6.07, 6.45) is 2.33. The molecule has 2 aromatic carbocycles. The topological polar surface area (TPSA) is 28.2 Å². The Balaban J connectivity index is 1.37. The van der Waals surface area contributed by atoms with Crippen LogP contribution in [-0.2, 0) is 6.54 Å². The summed E-state index contributed by atoms with van der Waals surface area (Å²) in [6, 6.07) is 21.8. The molecular weight excluding hydrogens is 306 g/mol. The van der Waals surface area contributed by atoms with E-state index in [0.717, 1.165) is 31.0 Å². The quantitative estimate of drug-likeness (QED) is 0.756. The Morgan fingerprint density at radius 2 is 1.72 bits per heavy atom. The number of aryl methyl sites for hydroxylation is 1. The number of fused-ring (bicyclic) bond motifs is 1. The zero-order valence-corrected chi connectivity index (χ0v) is 14.8. The van der Waals surface area contributed by atoms with Crippen molar-refractivity contribution in [1.82, 2.24) is 9.88 Å². The van der Waals surface area contributed by atoms with E-state index < -0.39 is 0 Å². The Bertz CT molecular complexity index is 836. The molecule has 3 nitrogen and oxygen atoms in total. The number of likely N-dealkylation sites (tertiary alicyclic amines) is 1. The number of nitrogens with zero attached hydrogens (tertiary/aromatic N) is 2. The number of para-hydroxylation sites is 1. The van der Waals surface area contributed by atoms with Gasteiger partial charge in [0.1, 0.15) is 5.82 Å². The molecule has 1 aromatic heterocycles. The molecule has 2 heterocycles. The van der Waals surface area contributed by atoms with Gasteiger partial charge in [-0.15, -0.1) is 0 Å². The van der Waals surface area contributed by atoms with Crippen LogP contribution in [0.1, 0.15) is 24.0 Å². The molecule has 1 fully saturated rings. The first-order valence-electron chi connectivity index (χ1n) is 9.17. The highest BCUT2D eigenvalue weighted by atomic mass is 15.1. The highest BCUT2D eigenvalue weighted by Gasteiger charge is 2.19. The number of pyridine rings is 1. The Morgan fingerprint density at radius 3 is 2.52 bits per heavy atom. The van der Waals surface area contributed by atoms with Crippen LogP contribution in [0.3, 0.4) is 0 Å². The van der Waals surface area contributed by atoms with Crippen LogP contribution >= 0.6 is 0 Å². The van der Waals surface area contributed by atoms with E-state index in [9.17, 15) is 0 Å². The van der Waals surface area contributed by atoms with E-state index in [4.69, 9.17) is 4.98 Å². The van der Waals surface area contributed by atoms with Gasteiger partial charge in [-0.2, -0.15) is 0 Å². The van der Waals surface area contributed by atoms with Crippen LogP contribution < -0.4 is 5.32 Å². The van der Waals surface area contributed by atoms with Gasteiger partial charge in [-0.25, -0.2) is 4.98 Å². The molecular formula is C22H25N3. The molecule has 0 aliphatic carbocycles. The zero-order valence-electron chi connectivity index (χ0n) is 14.8. The largest absolute Gasteiger partial charge is 0.367 e. The third kappa shape index (κ3) is 3.83. The van der Waals surface area contributed by atoms with Gasteiger partial charge in [0.25, 0.3) is 0 Å². The van der Waals surface area contributed by atoms with Gasteiger partial charge in [-0.1, -0.05) is 48.5 Å². The molecule has 3 heteroatoms. The fourth-order valence-corrected chi connectivity index (χ4v) is 3.71. The van der Waals surface area contributed by atoms with Crippen molar-refractivity contribution in [2.75, 3.05) is 18.4 Å². The summed E-state index contributed by atoms with van der Waals surface area (Å²) in [7, 11) is 0. The predicted octanol–water partition coefficient (Wildman–Crippen LogP) is 4.62. The van der Waals surface area contributed by atoms with Gasteiger partial charge >= 0.3 is 0 Å². The Labute approximate surface area is 149 Å². The van der Waals surface area contributed by atoms with Crippen molar-refractivity contribution < 1.29 is 0 Å². The number of rotatable bonds is 4. The Hall–Kier alpha value is -2.39. The third-order valence-corrected chi connectivity index (χ3v) is 5.11. The fraction of sp³-hybridized carbons (Fsp3) is 0.318. The van der Waals surface area contributed by atoms with Gasteiger partial charge < -0.3 is 5.32 Å². The number of piperidine rings is 1. The Morgan fingerprint density at radius 1 is 1.00 bits per heavy atom. The molecule has 1 N–H and O–H groups in total. The summed E-state index contributed by atoms with van der Waals surface area (Å²) in [4.78, 5) is 7.34. The van der Waals surface area contributed by atoms with Crippen molar-refractivity contribution in [2.24, 2.45) is 0 Å². The normalized spacial score (nSPS) is 16.2. The highest BCUT2D eigenvalue weighted by Crippen LogP contribution is 2.22. The summed E-state index contributed by atoms with van der Waals surface area (Å²) in [5, 5.41) is 4.90. The highest BCUT2D eigenvalue weighted by molar-refractivity contribution is 5.83. The maximum absolute atomic E-state index is 4.79. The maximum Gasteiger partial charge on any atom is 0.127 e. The number of hydrogen-bond donors (Lipinski definition) is 1. The predicted molar refractivity (Wildman–Crippen MR) is 105 cm³/mol. The smallest absolute Gasteiger partial charge is 0.127 e. The van der Waals surface area contributed by atoms with Crippen molar-refractivity contribution in [3.63, 3.8) is 0 Å². The van der Waals surface area contributed by atoms with Crippen molar-refractivity contribution in [2.45, 2.75) is 32.4 Å². The number of anilines is 1. The van der Waals surface area contributed by atoms with E-state index in [2.05, 4.69) is 77.8 Å². The van der Waals surface area contributed by atoms with Crippen molar-refractivity contribution >= 4 is 16.7 Å². The lowest BCUT2D eigenvalue weighted by Gasteiger charge is -2.32. The minimum atomic E-state index is 0.514. The lowest BCUT2D eigenvalue weighted by atomic mass is 10.0. The van der Waals surface area contributed by atoms with Crippen molar-refractivity contribution in [3.8, 4) is 0 Å². The van der Waals surface area contributed by atoms with E-state index >= 15 is 0 Å². The van der Waals surface area contributed by atoms with E-state index in [1.165, 1.54) is 29.4 Å². The second-order valence-corrected chi connectivity index (χ2v) is 7.02. The SMILES string of the molecule is Cc1cc(NC2CCN(Cc3ccccc3)CC2)nc2ccccc12. The second-order valence-electron chi connectivity index (χ2n) is 7.02. The standard InChI is InChI=1S/C22H25N3/c1-17-15-22(24-21-10-6-5-9-20(17)21)23-19-11-13-25(14-12-19)16-18-7-3-2-4-8-18/h2-10,15,19H,11-14,16H2,1H3,(H,23,24). The van der Waals surface area contributed by atoms with Crippen molar-refractivity contribution in [3.05, 3.63) is 71.8 Å². The number of aromatic nitrogens is 1. The van der Waals surface area contributed by atoms with Crippen LogP contribution in [0.25, 0.3) is 10.9 Å². The molecule has 0 amide bonds. The van der Waals surface area contributed by atoms with Gasteiger partial charge in [0.2, 0.25) is 0 Å². The summed E-state index contributed by atoms with van der Waals surface area (Å²) in [5.41, 5.74) is 3.77. The molecule has 4 rings (SSSR count). The third-order valence-electron chi connectivity index (χ3n) is 5.11. The van der Waals surface area contributed by atoms with E-state index in [1.54, 1.807) is 0 Å². The van der Waals surface area contributed by atoms with Gasteiger partial charge in [0.05, 0.1) is 5.52 Å².